The lowest BCUT2D eigenvalue weighted by molar-refractivity contribution is 0.0601. The van der Waals surface area contributed by atoms with Gasteiger partial charge in [0.15, 0.2) is 5.75 Å². The molecule has 1 aromatic rings. The van der Waals surface area contributed by atoms with E-state index in [1.165, 1.54) is 19.2 Å². The summed E-state index contributed by atoms with van der Waals surface area (Å²) in [5, 5.41) is 9.35. The number of phenolic OH excluding ortho intramolecular Hbond substituents is 1. The van der Waals surface area contributed by atoms with E-state index >= 15 is 0 Å². The van der Waals surface area contributed by atoms with E-state index in [1.807, 2.05) is 0 Å². The molecule has 0 radical (unpaired) electrons. The number of hydrogen-bond acceptors (Lipinski definition) is 4. The van der Waals surface area contributed by atoms with E-state index < -0.39 is 5.97 Å². The highest BCUT2D eigenvalue weighted by Crippen LogP contribution is 2.32. The van der Waals surface area contributed by atoms with E-state index in [9.17, 15) is 9.90 Å². The molecule has 0 aliphatic heterocycles. The molecule has 0 aliphatic rings. The number of rotatable bonds is 1. The number of halogens is 1. The highest BCUT2D eigenvalue weighted by Gasteiger charge is 2.14. The highest BCUT2D eigenvalue weighted by molar-refractivity contribution is 9.10. The van der Waals surface area contributed by atoms with Crippen molar-refractivity contribution in [1.82, 2.24) is 0 Å². The number of methoxy groups -OCH3 is 1. The lowest BCUT2D eigenvalue weighted by Gasteiger charge is -2.06. The molecule has 0 unspecified atom stereocenters. The molecule has 4 nitrogen and oxygen atoms in total. The van der Waals surface area contributed by atoms with Crippen molar-refractivity contribution in [2.45, 2.75) is 0 Å². The number of benzene rings is 1. The summed E-state index contributed by atoms with van der Waals surface area (Å²) in [6.45, 7) is 0. The summed E-state index contributed by atoms with van der Waals surface area (Å²) in [6.07, 6.45) is 0. The van der Waals surface area contributed by atoms with Gasteiger partial charge >= 0.3 is 5.97 Å². The number of aromatic hydroxyl groups is 1. The average Bonchev–Trinajstić information content (AvgIpc) is 2.13. The zero-order valence-electron chi connectivity index (χ0n) is 6.87. The lowest BCUT2D eigenvalue weighted by Crippen LogP contribution is -2.05. The van der Waals surface area contributed by atoms with Crippen LogP contribution in [-0.4, -0.2) is 18.2 Å². The van der Waals surface area contributed by atoms with E-state index in [2.05, 4.69) is 20.7 Å². The van der Waals surface area contributed by atoms with Gasteiger partial charge in [0.05, 0.1) is 22.8 Å². The molecule has 0 amide bonds. The summed E-state index contributed by atoms with van der Waals surface area (Å²) < 4.78 is 4.91. The Labute approximate surface area is 83.4 Å². The van der Waals surface area contributed by atoms with Gasteiger partial charge in [-0.15, -0.1) is 0 Å². The Morgan fingerprint density at radius 1 is 1.62 bits per heavy atom. The van der Waals surface area contributed by atoms with Crippen LogP contribution in [0, 0.1) is 0 Å². The minimum absolute atomic E-state index is 0.0150. The van der Waals surface area contributed by atoms with Crippen molar-refractivity contribution in [2.75, 3.05) is 12.8 Å². The maximum absolute atomic E-state index is 11.1. The number of hydrogen-bond donors (Lipinski definition) is 2. The van der Waals surface area contributed by atoms with E-state index in [1.54, 1.807) is 0 Å². The molecular formula is C8H8BrNO3. The van der Waals surface area contributed by atoms with Crippen LogP contribution in [0.4, 0.5) is 5.69 Å². The van der Waals surface area contributed by atoms with Gasteiger partial charge in [0, 0.05) is 0 Å². The normalized spacial score (nSPS) is 9.69. The van der Waals surface area contributed by atoms with E-state index in [0.717, 1.165) is 0 Å². The van der Waals surface area contributed by atoms with Crippen molar-refractivity contribution < 1.29 is 14.6 Å². The van der Waals surface area contributed by atoms with Gasteiger partial charge in [-0.1, -0.05) is 0 Å². The largest absolute Gasteiger partial charge is 0.505 e. The number of esters is 1. The molecule has 0 aromatic heterocycles. The van der Waals surface area contributed by atoms with Crippen LogP contribution in [-0.2, 0) is 4.74 Å². The Kier molecular flexibility index (Phi) is 2.77. The monoisotopic (exact) mass is 245 g/mol. The molecule has 0 spiro atoms. The van der Waals surface area contributed by atoms with Crippen LogP contribution < -0.4 is 5.73 Å². The van der Waals surface area contributed by atoms with Gasteiger partial charge in [0.25, 0.3) is 0 Å². The molecule has 3 N–H and O–H groups in total. The van der Waals surface area contributed by atoms with Crippen molar-refractivity contribution in [3.05, 3.63) is 22.2 Å². The molecule has 1 rings (SSSR count). The highest BCUT2D eigenvalue weighted by atomic mass is 79.9. The second-order valence-electron chi connectivity index (χ2n) is 2.35. The first-order chi connectivity index (χ1) is 6.07. The second kappa shape index (κ2) is 3.66. The first-order valence-electron chi connectivity index (χ1n) is 3.43. The van der Waals surface area contributed by atoms with Crippen molar-refractivity contribution in [3.8, 4) is 5.75 Å². The van der Waals surface area contributed by atoms with Crippen molar-refractivity contribution in [2.24, 2.45) is 0 Å². The number of phenols is 1. The number of nitrogens with two attached hydrogens (primary N) is 1. The quantitative estimate of drug-likeness (QED) is 0.447. The summed E-state index contributed by atoms with van der Waals surface area (Å²) in [7, 11) is 1.25. The van der Waals surface area contributed by atoms with Crippen LogP contribution >= 0.6 is 15.9 Å². The summed E-state index contributed by atoms with van der Waals surface area (Å²) in [6, 6.07) is 3.00. The van der Waals surface area contributed by atoms with Crippen LogP contribution in [0.15, 0.2) is 16.6 Å². The number of carbonyl (C=O) groups is 1. The molecule has 70 valence electrons. The minimum atomic E-state index is -0.569. The lowest BCUT2D eigenvalue weighted by atomic mass is 10.1. The number of anilines is 1. The zero-order valence-corrected chi connectivity index (χ0v) is 8.46. The van der Waals surface area contributed by atoms with Gasteiger partial charge in [0.1, 0.15) is 0 Å². The third-order valence-electron chi connectivity index (χ3n) is 1.57. The summed E-state index contributed by atoms with van der Waals surface area (Å²) in [4.78, 5) is 11.1. The van der Waals surface area contributed by atoms with Gasteiger partial charge in [0.2, 0.25) is 0 Å². The molecule has 1 aromatic carbocycles. The molecule has 0 atom stereocenters. The fourth-order valence-electron chi connectivity index (χ4n) is 0.869. The molecule has 0 saturated heterocycles. The fraction of sp³-hybridized carbons (Fsp3) is 0.125. The molecule has 0 saturated carbocycles. The number of carbonyl (C=O) groups excluding carboxylic acids is 1. The molecule has 0 bridgehead atoms. The SMILES string of the molecule is COC(=O)c1ccc(Br)c(O)c1N. The Morgan fingerprint density at radius 2 is 2.23 bits per heavy atom. The van der Waals surface area contributed by atoms with Crippen LogP contribution in [0.25, 0.3) is 0 Å². The first kappa shape index (κ1) is 9.85. The van der Waals surface area contributed by atoms with Gasteiger partial charge < -0.3 is 15.6 Å². The molecule has 0 heterocycles. The first-order valence-corrected chi connectivity index (χ1v) is 4.22. The fourth-order valence-corrected chi connectivity index (χ4v) is 1.22. The Balaban J connectivity index is 3.26. The predicted molar refractivity (Wildman–Crippen MR) is 51.6 cm³/mol. The van der Waals surface area contributed by atoms with E-state index in [4.69, 9.17) is 5.73 Å². The number of nitrogen functional groups attached to an aromatic ring is 1. The Hall–Kier alpha value is -1.23. The van der Waals surface area contributed by atoms with Crippen LogP contribution in [0.3, 0.4) is 0 Å². The second-order valence-corrected chi connectivity index (χ2v) is 3.20. The molecule has 13 heavy (non-hydrogen) atoms. The summed E-state index contributed by atoms with van der Waals surface area (Å²) in [5.74, 6) is -0.719. The van der Waals surface area contributed by atoms with Gasteiger partial charge in [-0.25, -0.2) is 4.79 Å². The third-order valence-corrected chi connectivity index (χ3v) is 2.21. The predicted octanol–water partition coefficient (Wildman–Crippen LogP) is 1.52. The maximum Gasteiger partial charge on any atom is 0.340 e. The molecular weight excluding hydrogens is 238 g/mol. The van der Waals surface area contributed by atoms with Crippen molar-refractivity contribution in [3.63, 3.8) is 0 Å². The van der Waals surface area contributed by atoms with Crippen LogP contribution in [0.1, 0.15) is 10.4 Å². The standard InChI is InChI=1S/C8H8BrNO3/c1-13-8(12)4-2-3-5(9)7(11)6(4)10/h2-3,11H,10H2,1H3. The topological polar surface area (TPSA) is 72.5 Å². The Bertz CT molecular complexity index is 351. The molecule has 5 heteroatoms. The summed E-state index contributed by atoms with van der Waals surface area (Å²) >= 11 is 3.07. The average molecular weight is 246 g/mol. The van der Waals surface area contributed by atoms with Crippen LogP contribution in [0.5, 0.6) is 5.75 Å². The third kappa shape index (κ3) is 1.75. The van der Waals surface area contributed by atoms with Crippen LogP contribution in [0.2, 0.25) is 0 Å². The van der Waals surface area contributed by atoms with E-state index in [0.29, 0.717) is 4.47 Å². The maximum atomic E-state index is 11.1. The number of ether oxygens (including phenoxy) is 1. The molecule has 0 aliphatic carbocycles. The van der Waals surface area contributed by atoms with Gasteiger partial charge in [-0.2, -0.15) is 0 Å². The van der Waals surface area contributed by atoms with E-state index in [-0.39, 0.29) is 17.0 Å². The van der Waals surface area contributed by atoms with Gasteiger partial charge in [-0.3, -0.25) is 0 Å². The van der Waals surface area contributed by atoms with Crippen molar-refractivity contribution in [1.29, 1.82) is 0 Å². The molecule has 0 fully saturated rings. The summed E-state index contributed by atoms with van der Waals surface area (Å²) in [5.41, 5.74) is 5.65. The van der Waals surface area contributed by atoms with Crippen molar-refractivity contribution >= 4 is 27.6 Å². The Morgan fingerprint density at radius 3 is 2.77 bits per heavy atom. The minimum Gasteiger partial charge on any atom is -0.505 e. The zero-order chi connectivity index (χ0) is 10.0. The smallest absolute Gasteiger partial charge is 0.340 e. The van der Waals surface area contributed by atoms with Gasteiger partial charge in [-0.05, 0) is 28.1 Å².